The fraction of sp³-hybridized carbons (Fsp3) is 0.211. The maximum atomic E-state index is 6.21. The van der Waals surface area contributed by atoms with Crippen molar-refractivity contribution >= 4 is 21.9 Å². The van der Waals surface area contributed by atoms with Crippen LogP contribution in [-0.4, -0.2) is 16.9 Å². The van der Waals surface area contributed by atoms with E-state index in [1.165, 1.54) is 11.1 Å². The van der Waals surface area contributed by atoms with E-state index < -0.39 is 0 Å². The van der Waals surface area contributed by atoms with E-state index in [9.17, 15) is 0 Å². The summed E-state index contributed by atoms with van der Waals surface area (Å²) in [7, 11) is 2.10. The fourth-order valence-corrected chi connectivity index (χ4v) is 3.36. The average Bonchev–Trinajstić information content (AvgIpc) is 2.88. The van der Waals surface area contributed by atoms with Gasteiger partial charge in [-0.3, -0.25) is 4.98 Å². The third-order valence-electron chi connectivity index (χ3n) is 4.73. The minimum atomic E-state index is -0.223. The Hall–Kier alpha value is -2.55. The van der Waals surface area contributed by atoms with Crippen LogP contribution in [0.5, 0.6) is 0 Å². The molecule has 3 nitrogen and oxygen atoms in total. The van der Waals surface area contributed by atoms with Gasteiger partial charge in [-0.2, -0.15) is 0 Å². The molecule has 0 saturated heterocycles. The first-order valence-corrected chi connectivity index (χ1v) is 7.46. The first-order valence-electron chi connectivity index (χ1n) is 7.46. The second-order valence-corrected chi connectivity index (χ2v) is 6.07. The predicted octanol–water partition coefficient (Wildman–Crippen LogP) is 4.52. The number of likely N-dealkylation sites (N-methyl/N-ethyl adjacent to an activating group) is 1. The number of furan rings is 1. The third kappa shape index (κ3) is 1.65. The molecule has 0 fully saturated rings. The minimum Gasteiger partial charge on any atom is -0.456 e. The number of nitrogens with zero attached hydrogens (tertiary/aromatic N) is 2. The Morgan fingerprint density at radius 1 is 1.14 bits per heavy atom. The standard InChI is InChI=1S/C19H18N2O/c1-13-6-7-14-15-12-20-10-8-16(15)22-18(14)17(13)19(2)9-4-5-11-21(19)3/h4-12H,1-3H3. The van der Waals surface area contributed by atoms with Gasteiger partial charge in [0.15, 0.2) is 0 Å². The molecule has 3 heterocycles. The van der Waals surface area contributed by atoms with Gasteiger partial charge in [0, 0.05) is 35.8 Å². The zero-order chi connectivity index (χ0) is 15.3. The third-order valence-corrected chi connectivity index (χ3v) is 4.73. The number of rotatable bonds is 1. The molecule has 22 heavy (non-hydrogen) atoms. The highest BCUT2D eigenvalue weighted by molar-refractivity contribution is 6.06. The van der Waals surface area contributed by atoms with Crippen LogP contribution in [0.15, 0.2) is 59.4 Å². The zero-order valence-corrected chi connectivity index (χ0v) is 13.0. The summed E-state index contributed by atoms with van der Waals surface area (Å²) in [5.41, 5.74) is 4.06. The Morgan fingerprint density at radius 2 is 2.00 bits per heavy atom. The summed E-state index contributed by atoms with van der Waals surface area (Å²) in [6.45, 7) is 4.37. The summed E-state index contributed by atoms with van der Waals surface area (Å²) >= 11 is 0. The average molecular weight is 290 g/mol. The van der Waals surface area contributed by atoms with E-state index in [2.05, 4.69) is 67.3 Å². The monoisotopic (exact) mass is 290 g/mol. The Labute approximate surface area is 129 Å². The van der Waals surface area contributed by atoms with Gasteiger partial charge in [0.1, 0.15) is 11.2 Å². The molecule has 0 spiro atoms. The van der Waals surface area contributed by atoms with Crippen LogP contribution >= 0.6 is 0 Å². The highest BCUT2D eigenvalue weighted by atomic mass is 16.3. The summed E-state index contributed by atoms with van der Waals surface area (Å²) in [5.74, 6) is 0. The lowest BCUT2D eigenvalue weighted by Crippen LogP contribution is -2.37. The van der Waals surface area contributed by atoms with Crippen LogP contribution in [0.1, 0.15) is 18.1 Å². The number of fused-ring (bicyclic) bond motifs is 3. The molecular weight excluding hydrogens is 272 g/mol. The Bertz CT molecular complexity index is 935. The van der Waals surface area contributed by atoms with Crippen molar-refractivity contribution in [2.24, 2.45) is 0 Å². The van der Waals surface area contributed by atoms with Gasteiger partial charge in [-0.15, -0.1) is 0 Å². The lowest BCUT2D eigenvalue weighted by atomic mass is 9.84. The van der Waals surface area contributed by atoms with E-state index >= 15 is 0 Å². The second-order valence-electron chi connectivity index (χ2n) is 6.07. The Balaban J connectivity index is 2.11. The van der Waals surface area contributed by atoms with Gasteiger partial charge in [0.2, 0.25) is 0 Å². The van der Waals surface area contributed by atoms with Crippen LogP contribution in [0.2, 0.25) is 0 Å². The first-order chi connectivity index (χ1) is 10.6. The topological polar surface area (TPSA) is 29.3 Å². The smallest absolute Gasteiger partial charge is 0.141 e. The highest BCUT2D eigenvalue weighted by Crippen LogP contribution is 2.41. The van der Waals surface area contributed by atoms with Crippen LogP contribution in [0.25, 0.3) is 21.9 Å². The largest absolute Gasteiger partial charge is 0.456 e. The molecule has 0 aliphatic carbocycles. The Morgan fingerprint density at radius 3 is 2.82 bits per heavy atom. The number of aromatic nitrogens is 1. The molecule has 1 aromatic carbocycles. The summed E-state index contributed by atoms with van der Waals surface area (Å²) in [5, 5.41) is 2.20. The van der Waals surface area contributed by atoms with Crippen LogP contribution < -0.4 is 0 Å². The molecule has 0 saturated carbocycles. The van der Waals surface area contributed by atoms with Crippen molar-refractivity contribution in [2.45, 2.75) is 19.4 Å². The molecular formula is C19H18N2O. The normalized spacial score (nSPS) is 21.1. The molecule has 0 bridgehead atoms. The van der Waals surface area contributed by atoms with E-state index in [-0.39, 0.29) is 5.54 Å². The van der Waals surface area contributed by atoms with Gasteiger partial charge < -0.3 is 9.32 Å². The summed E-state index contributed by atoms with van der Waals surface area (Å²) < 4.78 is 6.21. The first kappa shape index (κ1) is 13.1. The fourth-order valence-electron chi connectivity index (χ4n) is 3.36. The van der Waals surface area contributed by atoms with Gasteiger partial charge >= 0.3 is 0 Å². The lowest BCUT2D eigenvalue weighted by molar-refractivity contribution is 0.261. The molecule has 110 valence electrons. The SMILES string of the molecule is Cc1ccc2c(oc3ccncc32)c1C1(C)C=CC=CN1C. The van der Waals surface area contributed by atoms with Crippen LogP contribution in [0, 0.1) is 6.92 Å². The Kier molecular flexibility index (Phi) is 2.67. The number of allylic oxidation sites excluding steroid dienone is 2. The van der Waals surface area contributed by atoms with Crippen molar-refractivity contribution in [1.29, 1.82) is 0 Å². The lowest BCUT2D eigenvalue weighted by Gasteiger charge is -2.38. The molecule has 1 atom stereocenters. The van der Waals surface area contributed by atoms with Gasteiger partial charge in [-0.1, -0.05) is 24.3 Å². The number of pyridine rings is 1. The van der Waals surface area contributed by atoms with E-state index in [4.69, 9.17) is 4.42 Å². The molecule has 1 unspecified atom stereocenters. The van der Waals surface area contributed by atoms with Gasteiger partial charge in [-0.05, 0) is 37.8 Å². The number of aryl methyl sites for hydroxylation is 1. The molecule has 1 aliphatic heterocycles. The number of benzene rings is 1. The quantitative estimate of drug-likeness (QED) is 0.660. The van der Waals surface area contributed by atoms with Crippen molar-refractivity contribution < 1.29 is 4.42 Å². The zero-order valence-electron chi connectivity index (χ0n) is 13.0. The number of hydrogen-bond acceptors (Lipinski definition) is 3. The summed E-state index contributed by atoms with van der Waals surface area (Å²) in [6.07, 6.45) is 12.1. The van der Waals surface area contributed by atoms with Crippen LogP contribution in [0.4, 0.5) is 0 Å². The van der Waals surface area contributed by atoms with Crippen molar-refractivity contribution in [3.63, 3.8) is 0 Å². The maximum absolute atomic E-state index is 6.21. The minimum absolute atomic E-state index is 0.223. The van der Waals surface area contributed by atoms with Crippen molar-refractivity contribution in [3.8, 4) is 0 Å². The maximum Gasteiger partial charge on any atom is 0.141 e. The van der Waals surface area contributed by atoms with E-state index in [1.807, 2.05) is 12.3 Å². The molecule has 0 radical (unpaired) electrons. The van der Waals surface area contributed by atoms with Crippen molar-refractivity contribution in [3.05, 3.63) is 66.1 Å². The van der Waals surface area contributed by atoms with Crippen molar-refractivity contribution in [2.75, 3.05) is 7.05 Å². The molecule has 4 rings (SSSR count). The molecule has 3 aromatic rings. The molecule has 0 amide bonds. The van der Waals surface area contributed by atoms with E-state index in [0.717, 1.165) is 21.9 Å². The van der Waals surface area contributed by atoms with Crippen LogP contribution in [0.3, 0.4) is 0 Å². The molecule has 1 aliphatic rings. The van der Waals surface area contributed by atoms with Crippen molar-refractivity contribution in [1.82, 2.24) is 9.88 Å². The molecule has 0 N–H and O–H groups in total. The van der Waals surface area contributed by atoms with E-state index in [1.54, 1.807) is 6.20 Å². The van der Waals surface area contributed by atoms with E-state index in [0.29, 0.717) is 0 Å². The number of hydrogen-bond donors (Lipinski definition) is 0. The summed E-state index contributed by atoms with van der Waals surface area (Å²) in [6, 6.07) is 6.23. The predicted molar refractivity (Wildman–Crippen MR) is 89.6 cm³/mol. The molecule has 3 heteroatoms. The van der Waals surface area contributed by atoms with Gasteiger partial charge in [-0.25, -0.2) is 0 Å². The van der Waals surface area contributed by atoms with Crippen LogP contribution in [-0.2, 0) is 5.54 Å². The van der Waals surface area contributed by atoms with Gasteiger partial charge in [0.25, 0.3) is 0 Å². The molecule has 2 aromatic heterocycles. The van der Waals surface area contributed by atoms with Gasteiger partial charge in [0.05, 0.1) is 5.54 Å². The summed E-state index contributed by atoms with van der Waals surface area (Å²) in [4.78, 5) is 6.46. The highest BCUT2D eigenvalue weighted by Gasteiger charge is 2.33. The second kappa shape index (κ2) is 4.47.